The lowest BCUT2D eigenvalue weighted by atomic mass is 10.1. The van der Waals surface area contributed by atoms with Crippen molar-refractivity contribution < 1.29 is 18.0 Å². The summed E-state index contributed by atoms with van der Waals surface area (Å²) in [6, 6.07) is 7.97. The number of fused-ring (bicyclic) bond motifs is 1. The standard InChI is InChI=1S/C17H9F2N3O3S/c18-10-3-1-9(5-11(10)19)15(23)22-16-20-13(7-26-16)8-2-4-14-12(6-8)21-17(24)25-14/h1-7H,(H,21,24)(H,20,22,23). The zero-order chi connectivity index (χ0) is 18.3. The lowest BCUT2D eigenvalue weighted by Gasteiger charge is -2.02. The molecule has 0 atom stereocenters. The van der Waals surface area contributed by atoms with Gasteiger partial charge in [-0.2, -0.15) is 0 Å². The van der Waals surface area contributed by atoms with E-state index < -0.39 is 23.3 Å². The van der Waals surface area contributed by atoms with Crippen LogP contribution < -0.4 is 11.1 Å². The van der Waals surface area contributed by atoms with Crippen molar-refractivity contribution in [3.63, 3.8) is 0 Å². The maximum Gasteiger partial charge on any atom is 0.417 e. The van der Waals surface area contributed by atoms with Crippen LogP contribution in [0.15, 0.2) is 51.0 Å². The van der Waals surface area contributed by atoms with E-state index >= 15 is 0 Å². The van der Waals surface area contributed by atoms with Crippen molar-refractivity contribution in [2.75, 3.05) is 5.32 Å². The van der Waals surface area contributed by atoms with Gasteiger partial charge in [-0.3, -0.25) is 15.1 Å². The van der Waals surface area contributed by atoms with Crippen molar-refractivity contribution >= 4 is 33.5 Å². The number of amides is 1. The number of aromatic amines is 1. The van der Waals surface area contributed by atoms with Gasteiger partial charge in [0.1, 0.15) is 0 Å². The minimum absolute atomic E-state index is 0.0157. The summed E-state index contributed by atoms with van der Waals surface area (Å²) in [5, 5.41) is 4.56. The Hall–Kier alpha value is -3.33. The Morgan fingerprint density at radius 3 is 2.81 bits per heavy atom. The Labute approximate surface area is 148 Å². The van der Waals surface area contributed by atoms with Crippen LogP contribution in [0.3, 0.4) is 0 Å². The quantitative estimate of drug-likeness (QED) is 0.572. The molecule has 26 heavy (non-hydrogen) atoms. The highest BCUT2D eigenvalue weighted by molar-refractivity contribution is 7.14. The molecule has 0 saturated carbocycles. The Morgan fingerprint density at radius 1 is 1.15 bits per heavy atom. The molecule has 130 valence electrons. The Bertz CT molecular complexity index is 1200. The number of H-pyrrole nitrogens is 1. The Balaban J connectivity index is 1.57. The first-order valence-electron chi connectivity index (χ1n) is 7.35. The fraction of sp³-hybridized carbons (Fsp3) is 0. The molecule has 1 amide bonds. The molecule has 0 aliphatic rings. The van der Waals surface area contributed by atoms with Gasteiger partial charge in [0.2, 0.25) is 0 Å². The van der Waals surface area contributed by atoms with Crippen molar-refractivity contribution in [2.45, 2.75) is 0 Å². The summed E-state index contributed by atoms with van der Waals surface area (Å²) >= 11 is 1.18. The summed E-state index contributed by atoms with van der Waals surface area (Å²) in [5.41, 5.74) is 2.26. The first-order chi connectivity index (χ1) is 12.5. The lowest BCUT2D eigenvalue weighted by Crippen LogP contribution is -2.12. The highest BCUT2D eigenvalue weighted by atomic mass is 32.1. The van der Waals surface area contributed by atoms with E-state index in [-0.39, 0.29) is 5.56 Å². The van der Waals surface area contributed by atoms with E-state index in [1.165, 1.54) is 17.4 Å². The third kappa shape index (κ3) is 3.00. The van der Waals surface area contributed by atoms with Crippen LogP contribution in [0.2, 0.25) is 0 Å². The number of hydrogen-bond acceptors (Lipinski definition) is 5. The van der Waals surface area contributed by atoms with Crippen LogP contribution in [-0.4, -0.2) is 15.9 Å². The predicted molar refractivity (Wildman–Crippen MR) is 92.3 cm³/mol. The second-order valence-corrected chi connectivity index (χ2v) is 6.20. The van der Waals surface area contributed by atoms with Gasteiger partial charge >= 0.3 is 5.76 Å². The van der Waals surface area contributed by atoms with E-state index in [0.717, 1.165) is 17.7 Å². The van der Waals surface area contributed by atoms with E-state index in [1.807, 2.05) is 0 Å². The first kappa shape index (κ1) is 16.2. The lowest BCUT2D eigenvalue weighted by molar-refractivity contribution is 0.102. The summed E-state index contributed by atoms with van der Waals surface area (Å²) in [6.07, 6.45) is 0. The second kappa shape index (κ2) is 6.19. The number of thiazole rings is 1. The van der Waals surface area contributed by atoms with Crippen LogP contribution >= 0.6 is 11.3 Å². The molecule has 0 spiro atoms. The van der Waals surface area contributed by atoms with E-state index in [1.54, 1.807) is 23.6 Å². The number of hydrogen-bond donors (Lipinski definition) is 2. The van der Waals surface area contributed by atoms with Gasteiger partial charge in [-0.1, -0.05) is 0 Å². The molecule has 0 aliphatic heterocycles. The van der Waals surface area contributed by atoms with Gasteiger partial charge in [-0.15, -0.1) is 11.3 Å². The number of nitrogens with one attached hydrogen (secondary N) is 2. The van der Waals surface area contributed by atoms with Crippen LogP contribution in [0.1, 0.15) is 10.4 Å². The van der Waals surface area contributed by atoms with Crippen LogP contribution in [0.25, 0.3) is 22.4 Å². The summed E-state index contributed by atoms with van der Waals surface area (Å²) < 4.78 is 31.1. The minimum Gasteiger partial charge on any atom is -0.408 e. The number of carbonyl (C=O) groups excluding carboxylic acids is 1. The third-order valence-electron chi connectivity index (χ3n) is 3.62. The van der Waals surface area contributed by atoms with Crippen molar-refractivity contribution in [2.24, 2.45) is 0 Å². The number of benzene rings is 2. The largest absolute Gasteiger partial charge is 0.417 e. The molecule has 2 heterocycles. The van der Waals surface area contributed by atoms with Crippen LogP contribution in [0.4, 0.5) is 13.9 Å². The van der Waals surface area contributed by atoms with Gasteiger partial charge < -0.3 is 4.42 Å². The topological polar surface area (TPSA) is 88.0 Å². The molecule has 9 heteroatoms. The number of carbonyl (C=O) groups is 1. The fourth-order valence-electron chi connectivity index (χ4n) is 2.38. The van der Waals surface area contributed by atoms with E-state index in [0.29, 0.717) is 21.9 Å². The molecule has 2 aromatic heterocycles. The molecular formula is C17H9F2N3O3S. The number of anilines is 1. The molecule has 0 radical (unpaired) electrons. The Kier molecular flexibility index (Phi) is 3.85. The zero-order valence-electron chi connectivity index (χ0n) is 12.9. The number of oxazole rings is 1. The summed E-state index contributed by atoms with van der Waals surface area (Å²) in [6.45, 7) is 0. The van der Waals surface area contributed by atoms with Gasteiger partial charge in [0.25, 0.3) is 5.91 Å². The van der Waals surface area contributed by atoms with Crippen molar-refractivity contribution in [3.05, 3.63) is 69.5 Å². The molecule has 0 fully saturated rings. The second-order valence-electron chi connectivity index (χ2n) is 5.35. The summed E-state index contributed by atoms with van der Waals surface area (Å²) in [4.78, 5) is 30.2. The molecule has 0 bridgehead atoms. The molecule has 4 rings (SSSR count). The number of halogens is 2. The SMILES string of the molecule is O=C(Nc1nc(-c2ccc3oc(=O)[nH]c3c2)cs1)c1ccc(F)c(F)c1. The molecule has 0 saturated heterocycles. The summed E-state index contributed by atoms with van der Waals surface area (Å²) in [7, 11) is 0. The van der Waals surface area contributed by atoms with Gasteiger partial charge in [0.05, 0.1) is 11.2 Å². The van der Waals surface area contributed by atoms with Crippen LogP contribution in [0.5, 0.6) is 0 Å². The van der Waals surface area contributed by atoms with Gasteiger partial charge in [0, 0.05) is 16.5 Å². The molecule has 0 aliphatic carbocycles. The maximum absolute atomic E-state index is 13.2. The first-order valence-corrected chi connectivity index (χ1v) is 8.23. The van der Waals surface area contributed by atoms with E-state index in [4.69, 9.17) is 4.42 Å². The smallest absolute Gasteiger partial charge is 0.408 e. The van der Waals surface area contributed by atoms with Gasteiger partial charge in [-0.25, -0.2) is 18.6 Å². The average Bonchev–Trinajstić information content (AvgIpc) is 3.21. The molecule has 4 aromatic rings. The van der Waals surface area contributed by atoms with E-state index in [2.05, 4.69) is 15.3 Å². The van der Waals surface area contributed by atoms with E-state index in [9.17, 15) is 18.4 Å². The molecular weight excluding hydrogens is 364 g/mol. The average molecular weight is 373 g/mol. The Morgan fingerprint density at radius 2 is 2.00 bits per heavy atom. The minimum atomic E-state index is -1.10. The molecule has 2 N–H and O–H groups in total. The normalized spacial score (nSPS) is 11.0. The number of rotatable bonds is 3. The monoisotopic (exact) mass is 373 g/mol. The highest BCUT2D eigenvalue weighted by Gasteiger charge is 2.13. The fourth-order valence-corrected chi connectivity index (χ4v) is 3.10. The molecule has 0 unspecified atom stereocenters. The molecule has 6 nitrogen and oxygen atoms in total. The highest BCUT2D eigenvalue weighted by Crippen LogP contribution is 2.27. The summed E-state index contributed by atoms with van der Waals surface area (Å²) in [5.74, 6) is -3.26. The van der Waals surface area contributed by atoms with Crippen molar-refractivity contribution in [1.29, 1.82) is 0 Å². The van der Waals surface area contributed by atoms with Gasteiger partial charge in [0.15, 0.2) is 22.3 Å². The zero-order valence-corrected chi connectivity index (χ0v) is 13.7. The predicted octanol–water partition coefficient (Wildman–Crippen LogP) is 3.78. The van der Waals surface area contributed by atoms with Crippen LogP contribution in [0, 0.1) is 11.6 Å². The van der Waals surface area contributed by atoms with Gasteiger partial charge in [-0.05, 0) is 36.4 Å². The number of nitrogens with zero attached hydrogens (tertiary/aromatic N) is 1. The van der Waals surface area contributed by atoms with Crippen LogP contribution in [-0.2, 0) is 0 Å². The maximum atomic E-state index is 13.2. The van der Waals surface area contributed by atoms with Crippen molar-refractivity contribution in [1.82, 2.24) is 9.97 Å². The third-order valence-corrected chi connectivity index (χ3v) is 4.38. The number of aromatic nitrogens is 2. The molecule has 2 aromatic carbocycles. The van der Waals surface area contributed by atoms with Crippen molar-refractivity contribution in [3.8, 4) is 11.3 Å².